The highest BCUT2D eigenvalue weighted by atomic mass is 35.5. The Bertz CT molecular complexity index is 563. The lowest BCUT2D eigenvalue weighted by Gasteiger charge is -2.19. The summed E-state index contributed by atoms with van der Waals surface area (Å²) in [6.07, 6.45) is 2.74. The maximum Gasteiger partial charge on any atom is 0.0409 e. The maximum atomic E-state index is 6.08. The molecule has 0 aliphatic rings. The molecule has 1 atom stereocenters. The summed E-state index contributed by atoms with van der Waals surface area (Å²) in [5.41, 5.74) is 2.41. The van der Waals surface area contributed by atoms with E-state index in [1.54, 1.807) is 0 Å². The Morgan fingerprint density at radius 1 is 1.05 bits per heavy atom. The summed E-state index contributed by atoms with van der Waals surface area (Å²) in [6, 6.07) is 16.1. The van der Waals surface area contributed by atoms with Gasteiger partial charge < -0.3 is 5.32 Å². The smallest absolute Gasteiger partial charge is 0.0409 e. The van der Waals surface area contributed by atoms with Crippen LogP contribution < -0.4 is 5.32 Å². The fraction of sp³-hybridized carbons (Fsp3) is 0.176. The Morgan fingerprint density at radius 3 is 2.45 bits per heavy atom. The van der Waals surface area contributed by atoms with Crippen LogP contribution in [-0.2, 0) is 6.42 Å². The van der Waals surface area contributed by atoms with Crippen molar-refractivity contribution >= 4 is 23.2 Å². The molecule has 0 saturated carbocycles. The third-order valence-corrected chi connectivity index (χ3v) is 3.60. The largest absolute Gasteiger partial charge is 0.306 e. The van der Waals surface area contributed by atoms with Crippen molar-refractivity contribution in [3.8, 4) is 0 Å². The summed E-state index contributed by atoms with van der Waals surface area (Å²) in [4.78, 5) is 0. The molecule has 0 saturated heterocycles. The fourth-order valence-corrected chi connectivity index (χ4v) is 2.44. The number of hydrogen-bond donors (Lipinski definition) is 1. The quantitative estimate of drug-likeness (QED) is 0.736. The molecule has 0 amide bonds. The highest BCUT2D eigenvalue weighted by Crippen LogP contribution is 2.22. The number of hydrogen-bond acceptors (Lipinski definition) is 1. The second kappa shape index (κ2) is 7.49. The van der Waals surface area contributed by atoms with Crippen molar-refractivity contribution in [2.75, 3.05) is 6.54 Å². The summed E-state index contributed by atoms with van der Waals surface area (Å²) in [5, 5.41) is 4.98. The second-order valence-electron chi connectivity index (χ2n) is 4.64. The van der Waals surface area contributed by atoms with Crippen LogP contribution in [0.1, 0.15) is 17.2 Å². The van der Waals surface area contributed by atoms with Crippen LogP contribution in [0.15, 0.2) is 61.2 Å². The van der Waals surface area contributed by atoms with Crippen molar-refractivity contribution in [2.24, 2.45) is 0 Å². The highest BCUT2D eigenvalue weighted by Gasteiger charge is 2.11. The summed E-state index contributed by atoms with van der Waals surface area (Å²) in [6.45, 7) is 4.51. The van der Waals surface area contributed by atoms with Gasteiger partial charge in [0.15, 0.2) is 0 Å². The molecule has 2 aromatic carbocycles. The number of rotatable bonds is 6. The van der Waals surface area contributed by atoms with Crippen LogP contribution in [0.2, 0.25) is 10.0 Å². The van der Waals surface area contributed by atoms with Crippen LogP contribution in [0.3, 0.4) is 0 Å². The topological polar surface area (TPSA) is 12.0 Å². The first-order chi connectivity index (χ1) is 9.69. The zero-order valence-corrected chi connectivity index (χ0v) is 12.7. The predicted molar refractivity (Wildman–Crippen MR) is 87.5 cm³/mol. The first-order valence-electron chi connectivity index (χ1n) is 6.53. The van der Waals surface area contributed by atoms with Crippen LogP contribution >= 0.6 is 23.2 Å². The van der Waals surface area contributed by atoms with Gasteiger partial charge in [-0.2, -0.15) is 0 Å². The Kier molecular flexibility index (Phi) is 5.66. The Labute approximate surface area is 130 Å². The van der Waals surface area contributed by atoms with Crippen LogP contribution in [-0.4, -0.2) is 6.54 Å². The molecule has 0 heterocycles. The normalized spacial score (nSPS) is 12.1. The van der Waals surface area contributed by atoms with Crippen molar-refractivity contribution in [2.45, 2.75) is 12.5 Å². The number of benzene rings is 2. The molecular formula is C17H17Cl2N. The van der Waals surface area contributed by atoms with Gasteiger partial charge in [-0.15, -0.1) is 6.58 Å². The summed E-state index contributed by atoms with van der Waals surface area (Å²) in [5.74, 6) is 0. The van der Waals surface area contributed by atoms with E-state index in [2.05, 4.69) is 30.1 Å². The molecule has 104 valence electrons. The monoisotopic (exact) mass is 305 g/mol. The molecular weight excluding hydrogens is 289 g/mol. The molecule has 2 rings (SSSR count). The molecule has 1 unspecified atom stereocenters. The minimum absolute atomic E-state index is 0.202. The van der Waals surface area contributed by atoms with E-state index < -0.39 is 0 Å². The van der Waals surface area contributed by atoms with Crippen LogP contribution in [0.25, 0.3) is 0 Å². The van der Waals surface area contributed by atoms with Crippen molar-refractivity contribution < 1.29 is 0 Å². The molecule has 0 radical (unpaired) electrons. The minimum atomic E-state index is 0.202. The second-order valence-corrected chi connectivity index (χ2v) is 5.51. The molecule has 2 aromatic rings. The van der Waals surface area contributed by atoms with Crippen LogP contribution in [0.5, 0.6) is 0 Å². The van der Waals surface area contributed by atoms with E-state index in [0.29, 0.717) is 0 Å². The van der Waals surface area contributed by atoms with Gasteiger partial charge in [0.05, 0.1) is 0 Å². The fourth-order valence-electron chi connectivity index (χ4n) is 2.11. The molecule has 1 N–H and O–H groups in total. The van der Waals surface area contributed by atoms with Crippen molar-refractivity contribution in [1.29, 1.82) is 0 Å². The lowest BCUT2D eigenvalue weighted by atomic mass is 9.99. The van der Waals surface area contributed by atoms with E-state index in [1.807, 2.05) is 36.4 Å². The number of halogens is 2. The third-order valence-electron chi connectivity index (χ3n) is 3.11. The molecule has 0 aromatic heterocycles. The van der Waals surface area contributed by atoms with Crippen molar-refractivity contribution in [3.63, 3.8) is 0 Å². The van der Waals surface area contributed by atoms with Crippen LogP contribution in [0, 0.1) is 0 Å². The average molecular weight is 306 g/mol. The SMILES string of the molecule is C=CCNC(Cc1ccc(Cl)cc1)c1cccc(Cl)c1. The lowest BCUT2D eigenvalue weighted by Crippen LogP contribution is -2.23. The number of nitrogens with one attached hydrogen (secondary N) is 1. The molecule has 20 heavy (non-hydrogen) atoms. The Morgan fingerprint density at radius 2 is 1.80 bits per heavy atom. The summed E-state index contributed by atoms with van der Waals surface area (Å²) in [7, 11) is 0. The lowest BCUT2D eigenvalue weighted by molar-refractivity contribution is 0.565. The Balaban J connectivity index is 2.18. The first kappa shape index (κ1) is 15.1. The van der Waals surface area contributed by atoms with Gasteiger partial charge in [-0.25, -0.2) is 0 Å². The van der Waals surface area contributed by atoms with Crippen LogP contribution in [0.4, 0.5) is 0 Å². The van der Waals surface area contributed by atoms with Gasteiger partial charge in [0.25, 0.3) is 0 Å². The van der Waals surface area contributed by atoms with Gasteiger partial charge in [-0.1, -0.05) is 53.5 Å². The Hall–Kier alpha value is -1.28. The van der Waals surface area contributed by atoms with Gasteiger partial charge in [-0.3, -0.25) is 0 Å². The highest BCUT2D eigenvalue weighted by molar-refractivity contribution is 6.30. The average Bonchev–Trinajstić information content (AvgIpc) is 2.45. The molecule has 0 fully saturated rings. The van der Waals surface area contributed by atoms with Crippen molar-refractivity contribution in [3.05, 3.63) is 82.4 Å². The van der Waals surface area contributed by atoms with Gasteiger partial charge in [0, 0.05) is 22.6 Å². The summed E-state index contributed by atoms with van der Waals surface area (Å²) < 4.78 is 0. The zero-order valence-electron chi connectivity index (χ0n) is 11.2. The predicted octanol–water partition coefficient (Wildman–Crippen LogP) is 5.05. The van der Waals surface area contributed by atoms with E-state index in [1.165, 1.54) is 11.1 Å². The first-order valence-corrected chi connectivity index (χ1v) is 7.29. The van der Waals surface area contributed by atoms with E-state index in [4.69, 9.17) is 23.2 Å². The van der Waals surface area contributed by atoms with Gasteiger partial charge in [0.2, 0.25) is 0 Å². The molecule has 3 heteroatoms. The molecule has 0 aliphatic carbocycles. The molecule has 0 spiro atoms. The summed E-state index contributed by atoms with van der Waals surface area (Å²) >= 11 is 12.0. The van der Waals surface area contributed by atoms with Gasteiger partial charge in [0.1, 0.15) is 0 Å². The third kappa shape index (κ3) is 4.38. The van der Waals surface area contributed by atoms with Crippen molar-refractivity contribution in [1.82, 2.24) is 5.32 Å². The molecule has 1 nitrogen and oxygen atoms in total. The maximum absolute atomic E-state index is 6.08. The zero-order chi connectivity index (χ0) is 14.4. The van der Waals surface area contributed by atoms with E-state index >= 15 is 0 Å². The minimum Gasteiger partial charge on any atom is -0.306 e. The van der Waals surface area contributed by atoms with Gasteiger partial charge >= 0.3 is 0 Å². The van der Waals surface area contributed by atoms with E-state index in [0.717, 1.165) is 23.0 Å². The molecule has 0 bridgehead atoms. The van der Waals surface area contributed by atoms with E-state index in [-0.39, 0.29) is 6.04 Å². The van der Waals surface area contributed by atoms with Gasteiger partial charge in [-0.05, 0) is 41.8 Å². The van der Waals surface area contributed by atoms with E-state index in [9.17, 15) is 0 Å². The standard InChI is InChI=1S/C17H17Cl2N/c1-2-10-20-17(14-4-3-5-16(19)12-14)11-13-6-8-15(18)9-7-13/h2-9,12,17,20H,1,10-11H2. The molecule has 0 aliphatic heterocycles.